The summed E-state index contributed by atoms with van der Waals surface area (Å²) in [6, 6.07) is 4.36. The van der Waals surface area contributed by atoms with Crippen LogP contribution < -0.4 is 0 Å². The number of aryl methyl sites for hydroxylation is 2. The molecule has 0 aliphatic rings. The van der Waals surface area contributed by atoms with Gasteiger partial charge in [0, 0.05) is 18.4 Å². The molecule has 0 amide bonds. The van der Waals surface area contributed by atoms with E-state index >= 15 is 0 Å². The number of aromatic nitrogens is 3. The standard InChI is InChI=1S/C19H17Cl2F2N3O2/c1-9-7-15(19(3,22)23)25-26-10(2)14(24-17(9)26)8-12-13(20)6-5-11(16(12)21)18(27)28-4/h5-7H,8H2,1-4H3. The number of benzene rings is 1. The van der Waals surface area contributed by atoms with Gasteiger partial charge in [-0.1, -0.05) is 23.2 Å². The van der Waals surface area contributed by atoms with E-state index < -0.39 is 11.9 Å². The van der Waals surface area contributed by atoms with E-state index in [1.165, 1.54) is 23.8 Å². The smallest absolute Gasteiger partial charge is 0.339 e. The van der Waals surface area contributed by atoms with Crippen LogP contribution in [0, 0.1) is 13.8 Å². The molecule has 0 radical (unpaired) electrons. The highest BCUT2D eigenvalue weighted by atomic mass is 35.5. The topological polar surface area (TPSA) is 56.5 Å². The minimum Gasteiger partial charge on any atom is -0.465 e. The number of alkyl halides is 2. The van der Waals surface area contributed by atoms with Crippen molar-refractivity contribution < 1.29 is 18.3 Å². The number of esters is 1. The van der Waals surface area contributed by atoms with E-state index in [2.05, 4.69) is 10.1 Å². The van der Waals surface area contributed by atoms with Crippen molar-refractivity contribution in [2.45, 2.75) is 33.1 Å². The quantitative estimate of drug-likeness (QED) is 0.540. The van der Waals surface area contributed by atoms with Crippen LogP contribution in [0.3, 0.4) is 0 Å². The number of carbonyl (C=O) groups excluding carboxylic acids is 1. The Morgan fingerprint density at radius 3 is 2.57 bits per heavy atom. The van der Waals surface area contributed by atoms with Gasteiger partial charge in [-0.05, 0) is 43.2 Å². The molecule has 0 aliphatic carbocycles. The molecule has 2 heterocycles. The maximum absolute atomic E-state index is 13.7. The lowest BCUT2D eigenvalue weighted by Gasteiger charge is -2.11. The zero-order valence-electron chi connectivity index (χ0n) is 15.6. The molecule has 0 saturated carbocycles. The molecule has 28 heavy (non-hydrogen) atoms. The Morgan fingerprint density at radius 1 is 1.29 bits per heavy atom. The van der Waals surface area contributed by atoms with Gasteiger partial charge in [0.1, 0.15) is 5.69 Å². The number of ether oxygens (including phenoxy) is 1. The zero-order chi connectivity index (χ0) is 20.8. The maximum atomic E-state index is 13.7. The molecule has 148 valence electrons. The first-order valence-electron chi connectivity index (χ1n) is 8.34. The molecule has 2 aromatic heterocycles. The Morgan fingerprint density at radius 2 is 1.96 bits per heavy atom. The third kappa shape index (κ3) is 3.56. The van der Waals surface area contributed by atoms with Gasteiger partial charge in [0.25, 0.3) is 5.92 Å². The van der Waals surface area contributed by atoms with Crippen molar-refractivity contribution in [2.24, 2.45) is 0 Å². The van der Waals surface area contributed by atoms with E-state index in [0.717, 1.165) is 6.92 Å². The van der Waals surface area contributed by atoms with Crippen LogP contribution in [-0.4, -0.2) is 27.7 Å². The van der Waals surface area contributed by atoms with Gasteiger partial charge in [-0.2, -0.15) is 13.9 Å². The summed E-state index contributed by atoms with van der Waals surface area (Å²) in [6.07, 6.45) is 0.203. The highest BCUT2D eigenvalue weighted by Gasteiger charge is 2.28. The molecule has 0 spiro atoms. The van der Waals surface area contributed by atoms with Crippen LogP contribution in [0.1, 0.15) is 45.5 Å². The van der Waals surface area contributed by atoms with Crippen molar-refractivity contribution in [2.75, 3.05) is 7.11 Å². The van der Waals surface area contributed by atoms with Crippen LogP contribution in [0.25, 0.3) is 5.65 Å². The van der Waals surface area contributed by atoms with Crippen molar-refractivity contribution in [3.8, 4) is 0 Å². The summed E-state index contributed by atoms with van der Waals surface area (Å²) in [6.45, 7) is 4.22. The number of methoxy groups -OCH3 is 1. The maximum Gasteiger partial charge on any atom is 0.339 e. The number of hydrogen-bond acceptors (Lipinski definition) is 4. The molecule has 3 aromatic rings. The monoisotopic (exact) mass is 427 g/mol. The lowest BCUT2D eigenvalue weighted by molar-refractivity contribution is 0.0115. The zero-order valence-corrected chi connectivity index (χ0v) is 17.1. The van der Waals surface area contributed by atoms with Gasteiger partial charge in [-0.15, -0.1) is 0 Å². The molecule has 0 saturated heterocycles. The van der Waals surface area contributed by atoms with E-state index in [9.17, 15) is 13.6 Å². The Bertz CT molecular complexity index is 1090. The molecular weight excluding hydrogens is 411 g/mol. The van der Waals surface area contributed by atoms with Crippen molar-refractivity contribution in [3.63, 3.8) is 0 Å². The SMILES string of the molecule is COC(=O)c1ccc(Cl)c(Cc2nc3c(C)cc(C(C)(F)F)nn3c2C)c1Cl. The molecular formula is C19H17Cl2F2N3O2. The molecule has 3 rings (SSSR count). The van der Waals surface area contributed by atoms with Gasteiger partial charge in [-0.25, -0.2) is 14.3 Å². The Hall–Kier alpha value is -2.25. The largest absolute Gasteiger partial charge is 0.465 e. The van der Waals surface area contributed by atoms with Crippen LogP contribution in [0.5, 0.6) is 0 Å². The fourth-order valence-corrected chi connectivity index (χ4v) is 3.48. The van der Waals surface area contributed by atoms with Gasteiger partial charge in [0.05, 0.1) is 29.1 Å². The first-order chi connectivity index (χ1) is 13.0. The van der Waals surface area contributed by atoms with Crippen molar-refractivity contribution in [3.05, 3.63) is 62.0 Å². The van der Waals surface area contributed by atoms with Crippen molar-refractivity contribution >= 4 is 34.8 Å². The van der Waals surface area contributed by atoms with Crippen molar-refractivity contribution in [1.29, 1.82) is 0 Å². The van der Waals surface area contributed by atoms with Crippen LogP contribution in [0.15, 0.2) is 18.2 Å². The minimum atomic E-state index is -3.07. The van der Waals surface area contributed by atoms with Crippen LogP contribution in [0.2, 0.25) is 10.0 Å². The summed E-state index contributed by atoms with van der Waals surface area (Å²) in [5, 5.41) is 4.57. The third-order valence-electron chi connectivity index (χ3n) is 4.48. The molecule has 0 unspecified atom stereocenters. The summed E-state index contributed by atoms with van der Waals surface area (Å²) in [5.74, 6) is -3.65. The lowest BCUT2D eigenvalue weighted by atomic mass is 10.0. The molecule has 9 heteroatoms. The van der Waals surface area contributed by atoms with E-state index in [0.29, 0.717) is 33.2 Å². The number of hydrogen-bond donors (Lipinski definition) is 0. The summed E-state index contributed by atoms with van der Waals surface area (Å²) in [4.78, 5) is 16.4. The molecule has 5 nitrogen and oxygen atoms in total. The second kappa shape index (κ2) is 7.29. The number of fused-ring (bicyclic) bond motifs is 1. The lowest BCUT2D eigenvalue weighted by Crippen LogP contribution is -2.13. The van der Waals surface area contributed by atoms with Crippen LogP contribution >= 0.6 is 23.2 Å². The van der Waals surface area contributed by atoms with E-state index in [-0.39, 0.29) is 22.7 Å². The van der Waals surface area contributed by atoms with Crippen LogP contribution in [-0.2, 0) is 17.1 Å². The highest BCUT2D eigenvalue weighted by molar-refractivity contribution is 6.38. The number of imidazole rings is 1. The fourth-order valence-electron chi connectivity index (χ4n) is 2.90. The minimum absolute atomic E-state index is 0.168. The average Bonchev–Trinajstić information content (AvgIpc) is 2.94. The summed E-state index contributed by atoms with van der Waals surface area (Å²) in [7, 11) is 1.26. The Labute approximate surface area is 170 Å². The summed E-state index contributed by atoms with van der Waals surface area (Å²) < 4.78 is 33.6. The van der Waals surface area contributed by atoms with E-state index in [4.69, 9.17) is 27.9 Å². The normalized spacial score (nSPS) is 11.9. The second-order valence-corrected chi connectivity index (χ2v) is 7.32. The molecule has 0 atom stereocenters. The van der Waals surface area contributed by atoms with Gasteiger partial charge in [-0.3, -0.25) is 0 Å². The molecule has 0 bridgehead atoms. The van der Waals surface area contributed by atoms with Gasteiger partial charge in [0.2, 0.25) is 0 Å². The van der Waals surface area contributed by atoms with Crippen LogP contribution in [0.4, 0.5) is 8.78 Å². The van der Waals surface area contributed by atoms with Gasteiger partial charge < -0.3 is 4.74 Å². The van der Waals surface area contributed by atoms with Gasteiger partial charge >= 0.3 is 5.97 Å². The Balaban J connectivity index is 2.13. The molecule has 1 aromatic carbocycles. The number of carbonyl (C=O) groups is 1. The van der Waals surface area contributed by atoms with Gasteiger partial charge in [0.15, 0.2) is 5.65 Å². The average molecular weight is 428 g/mol. The first kappa shape index (κ1) is 20.5. The summed E-state index contributed by atoms with van der Waals surface area (Å²) >= 11 is 12.7. The molecule has 0 aliphatic heterocycles. The molecule has 0 N–H and O–H groups in total. The van der Waals surface area contributed by atoms with E-state index in [1.54, 1.807) is 19.9 Å². The van der Waals surface area contributed by atoms with E-state index in [1.807, 2.05) is 0 Å². The predicted octanol–water partition coefficient (Wildman–Crippen LogP) is 5.14. The summed E-state index contributed by atoms with van der Waals surface area (Å²) in [5.41, 5.74) is 2.54. The predicted molar refractivity (Wildman–Crippen MR) is 103 cm³/mol. The number of nitrogens with zero attached hydrogens (tertiary/aromatic N) is 3. The fraction of sp³-hybridized carbons (Fsp3) is 0.316. The number of halogens is 4. The number of rotatable bonds is 4. The molecule has 0 fully saturated rings. The first-order valence-corrected chi connectivity index (χ1v) is 9.09. The second-order valence-electron chi connectivity index (χ2n) is 6.54. The Kier molecular flexibility index (Phi) is 5.34. The highest BCUT2D eigenvalue weighted by Crippen LogP contribution is 2.32. The van der Waals surface area contributed by atoms with Crippen molar-refractivity contribution in [1.82, 2.24) is 14.6 Å². The third-order valence-corrected chi connectivity index (χ3v) is 5.26.